The van der Waals surface area contributed by atoms with Crippen LogP contribution in [0.4, 0.5) is 5.82 Å². The molecule has 3 aliphatic heterocycles. The Bertz CT molecular complexity index is 866. The van der Waals surface area contributed by atoms with E-state index in [1.165, 1.54) is 5.01 Å². The highest BCUT2D eigenvalue weighted by Gasteiger charge is 2.30. The van der Waals surface area contributed by atoms with Gasteiger partial charge in [0.2, 0.25) is 11.8 Å². The second kappa shape index (κ2) is 10.1. The van der Waals surface area contributed by atoms with Crippen LogP contribution in [0.15, 0.2) is 29.5 Å². The van der Waals surface area contributed by atoms with Crippen molar-refractivity contribution >= 4 is 29.3 Å². The first-order chi connectivity index (χ1) is 15.5. The second-order valence-electron chi connectivity index (χ2n) is 8.82. The summed E-state index contributed by atoms with van der Waals surface area (Å²) in [6.45, 7) is 4.42. The fraction of sp³-hybridized carbons (Fsp3) is 0.609. The molecule has 0 spiro atoms. The van der Waals surface area contributed by atoms with Crippen LogP contribution in [0, 0.1) is 5.92 Å². The zero-order chi connectivity index (χ0) is 22.5. The lowest BCUT2D eigenvalue weighted by Gasteiger charge is -2.36. The molecule has 1 atom stereocenters. The molecule has 0 unspecified atom stereocenters. The van der Waals surface area contributed by atoms with Crippen LogP contribution in [0.25, 0.3) is 0 Å². The first kappa shape index (κ1) is 22.2. The molecule has 2 saturated heterocycles. The highest BCUT2D eigenvalue weighted by Crippen LogP contribution is 2.23. The van der Waals surface area contributed by atoms with Crippen LogP contribution in [-0.4, -0.2) is 89.5 Å². The summed E-state index contributed by atoms with van der Waals surface area (Å²) in [5, 5.41) is 5.44. The van der Waals surface area contributed by atoms with Crippen molar-refractivity contribution in [3.8, 4) is 0 Å². The fourth-order valence-electron chi connectivity index (χ4n) is 4.70. The number of rotatable bonds is 5. The molecule has 4 heterocycles. The maximum absolute atomic E-state index is 12.9. The Morgan fingerprint density at radius 3 is 2.59 bits per heavy atom. The largest absolute Gasteiger partial charge is 0.353 e. The number of anilines is 1. The third kappa shape index (κ3) is 5.26. The zero-order valence-corrected chi connectivity index (χ0v) is 18.8. The number of aromatic nitrogens is 1. The van der Waals surface area contributed by atoms with E-state index in [0.717, 1.165) is 57.8 Å². The third-order valence-corrected chi connectivity index (χ3v) is 6.63. The maximum atomic E-state index is 12.9. The molecule has 0 aromatic carbocycles. The molecule has 4 rings (SSSR count). The van der Waals surface area contributed by atoms with Crippen LogP contribution in [0.2, 0.25) is 0 Å². The van der Waals surface area contributed by atoms with Gasteiger partial charge in [-0.2, -0.15) is 5.10 Å². The summed E-state index contributed by atoms with van der Waals surface area (Å²) in [5.74, 6) is 1.37. The average molecular weight is 441 g/mol. The first-order valence-corrected chi connectivity index (χ1v) is 11.6. The average Bonchev–Trinajstić information content (AvgIpc) is 2.84. The van der Waals surface area contributed by atoms with Gasteiger partial charge in [-0.1, -0.05) is 6.07 Å². The van der Waals surface area contributed by atoms with Crippen molar-refractivity contribution in [3.63, 3.8) is 0 Å². The third-order valence-electron chi connectivity index (χ3n) is 6.63. The summed E-state index contributed by atoms with van der Waals surface area (Å²) >= 11 is 0. The van der Waals surface area contributed by atoms with Crippen LogP contribution >= 0.6 is 0 Å². The molecule has 0 N–H and O–H groups in total. The van der Waals surface area contributed by atoms with Gasteiger partial charge in [0.15, 0.2) is 0 Å². The molecule has 32 heavy (non-hydrogen) atoms. The summed E-state index contributed by atoms with van der Waals surface area (Å²) in [7, 11) is 1.59. The Hall–Kier alpha value is -2.97. The number of hydrogen-bond acceptors (Lipinski definition) is 6. The second-order valence-corrected chi connectivity index (χ2v) is 8.82. The minimum Gasteiger partial charge on any atom is -0.353 e. The summed E-state index contributed by atoms with van der Waals surface area (Å²) in [5.41, 5.74) is 0.467. The molecule has 1 aromatic heterocycles. The molecule has 0 bridgehead atoms. The molecular formula is C23H32N6O3. The molecule has 3 amide bonds. The lowest BCUT2D eigenvalue weighted by Crippen LogP contribution is -2.49. The number of carbonyl (C=O) groups excluding carboxylic acids is 3. The lowest BCUT2D eigenvalue weighted by atomic mass is 9.92. The quantitative estimate of drug-likeness (QED) is 0.690. The van der Waals surface area contributed by atoms with Crippen LogP contribution in [0.5, 0.6) is 0 Å². The minimum absolute atomic E-state index is 0.0579. The smallest absolute Gasteiger partial charge is 0.270 e. The number of nitrogens with zero attached hydrogens (tertiary/aromatic N) is 6. The van der Waals surface area contributed by atoms with Gasteiger partial charge in [0, 0.05) is 71.8 Å². The van der Waals surface area contributed by atoms with E-state index in [4.69, 9.17) is 0 Å². The Morgan fingerprint density at radius 2 is 1.88 bits per heavy atom. The SMILES string of the molecule is CN1N=C(C(=O)N2CCC[C@@H](CCC(=O)N3CCN(c4ccccn4)CC3)C2)CCC1=O. The van der Waals surface area contributed by atoms with Gasteiger partial charge < -0.3 is 14.7 Å². The number of piperazine rings is 1. The van der Waals surface area contributed by atoms with E-state index in [1.54, 1.807) is 13.2 Å². The van der Waals surface area contributed by atoms with Crippen molar-refractivity contribution in [2.24, 2.45) is 11.0 Å². The first-order valence-electron chi connectivity index (χ1n) is 11.6. The van der Waals surface area contributed by atoms with E-state index >= 15 is 0 Å². The van der Waals surface area contributed by atoms with Crippen molar-refractivity contribution in [1.29, 1.82) is 0 Å². The van der Waals surface area contributed by atoms with E-state index in [-0.39, 0.29) is 17.7 Å². The number of hydrogen-bond donors (Lipinski definition) is 0. The zero-order valence-electron chi connectivity index (χ0n) is 18.8. The van der Waals surface area contributed by atoms with Crippen LogP contribution in [0.3, 0.4) is 0 Å². The van der Waals surface area contributed by atoms with Crippen molar-refractivity contribution in [2.75, 3.05) is 51.2 Å². The summed E-state index contributed by atoms with van der Waals surface area (Å²) in [4.78, 5) is 47.7. The van der Waals surface area contributed by atoms with Crippen molar-refractivity contribution in [2.45, 2.75) is 38.5 Å². The molecule has 2 fully saturated rings. The van der Waals surface area contributed by atoms with Crippen LogP contribution in [-0.2, 0) is 14.4 Å². The molecule has 0 radical (unpaired) electrons. The Balaban J connectivity index is 1.23. The van der Waals surface area contributed by atoms with Crippen molar-refractivity contribution < 1.29 is 14.4 Å². The standard InChI is InChI=1S/C23H32N6O3/c1-26-21(30)10-8-19(25-26)23(32)29-12-4-5-18(17-29)7-9-22(31)28-15-13-27(14-16-28)20-6-2-3-11-24-20/h2-3,6,11,18H,4-5,7-10,12-17H2,1H3/t18-/m0/s1. The number of amides is 3. The van der Waals surface area contributed by atoms with Gasteiger partial charge >= 0.3 is 0 Å². The van der Waals surface area contributed by atoms with Gasteiger partial charge in [-0.25, -0.2) is 9.99 Å². The summed E-state index contributed by atoms with van der Waals surface area (Å²) < 4.78 is 0. The topological polar surface area (TPSA) is 89.4 Å². The summed E-state index contributed by atoms with van der Waals surface area (Å²) in [6, 6.07) is 5.89. The van der Waals surface area contributed by atoms with Gasteiger partial charge in [0.05, 0.1) is 0 Å². The predicted molar refractivity (Wildman–Crippen MR) is 121 cm³/mol. The van der Waals surface area contributed by atoms with Crippen LogP contribution < -0.4 is 4.90 Å². The van der Waals surface area contributed by atoms with Gasteiger partial charge in [-0.15, -0.1) is 0 Å². The van der Waals surface area contributed by atoms with E-state index < -0.39 is 0 Å². The van der Waals surface area contributed by atoms with E-state index in [1.807, 2.05) is 28.0 Å². The van der Waals surface area contributed by atoms with Gasteiger partial charge in [0.1, 0.15) is 11.5 Å². The Morgan fingerprint density at radius 1 is 1.06 bits per heavy atom. The molecule has 1 aromatic rings. The van der Waals surface area contributed by atoms with Gasteiger partial charge in [0.25, 0.3) is 5.91 Å². The van der Waals surface area contributed by atoms with Crippen molar-refractivity contribution in [3.05, 3.63) is 24.4 Å². The van der Waals surface area contributed by atoms with E-state index in [2.05, 4.69) is 15.0 Å². The number of piperidine rings is 1. The highest BCUT2D eigenvalue weighted by molar-refractivity contribution is 6.39. The normalized spacial score (nSPS) is 22.1. The molecule has 9 heteroatoms. The van der Waals surface area contributed by atoms with E-state index in [9.17, 15) is 14.4 Å². The maximum Gasteiger partial charge on any atom is 0.270 e. The predicted octanol–water partition coefficient (Wildman–Crippen LogP) is 1.36. The Kier molecular flexibility index (Phi) is 7.02. The molecular weight excluding hydrogens is 408 g/mol. The molecule has 0 saturated carbocycles. The molecule has 9 nitrogen and oxygen atoms in total. The molecule has 0 aliphatic carbocycles. The van der Waals surface area contributed by atoms with E-state index in [0.29, 0.717) is 37.4 Å². The fourth-order valence-corrected chi connectivity index (χ4v) is 4.70. The van der Waals surface area contributed by atoms with Gasteiger partial charge in [-0.05, 0) is 37.3 Å². The minimum atomic E-state index is -0.0639. The molecule has 172 valence electrons. The highest BCUT2D eigenvalue weighted by atomic mass is 16.2. The monoisotopic (exact) mass is 440 g/mol. The lowest BCUT2D eigenvalue weighted by molar-refractivity contribution is -0.132. The number of pyridine rings is 1. The number of hydrazone groups is 1. The van der Waals surface area contributed by atoms with Gasteiger partial charge in [-0.3, -0.25) is 14.4 Å². The molecule has 3 aliphatic rings. The Labute approximate surface area is 189 Å². The number of likely N-dealkylation sites (tertiary alicyclic amines) is 1. The summed E-state index contributed by atoms with van der Waals surface area (Å²) in [6.07, 6.45) is 5.84. The van der Waals surface area contributed by atoms with Crippen molar-refractivity contribution in [1.82, 2.24) is 19.8 Å². The van der Waals surface area contributed by atoms with Crippen LogP contribution in [0.1, 0.15) is 38.5 Å². The number of carbonyl (C=O) groups is 3.